The Morgan fingerprint density at radius 1 is 0.976 bits per heavy atom. The van der Waals surface area contributed by atoms with Gasteiger partial charge in [-0.25, -0.2) is 18.8 Å². The van der Waals surface area contributed by atoms with Crippen molar-refractivity contribution in [1.82, 2.24) is 19.1 Å². The third-order valence-electron chi connectivity index (χ3n) is 6.25. The molecular formula is C29H25Cl2N5O4S. The van der Waals surface area contributed by atoms with E-state index in [0.717, 1.165) is 11.1 Å². The molecular weight excluding hydrogens is 585 g/mol. The number of carbonyl (C=O) groups excluding carboxylic acids is 1. The number of hydrogen-bond acceptors (Lipinski definition) is 6. The summed E-state index contributed by atoms with van der Waals surface area (Å²) >= 11 is 12.0. The highest BCUT2D eigenvalue weighted by molar-refractivity contribution is 7.89. The van der Waals surface area contributed by atoms with Gasteiger partial charge in [-0.05, 0) is 79.6 Å². The minimum Gasteiger partial charge on any atom is -0.459 e. The van der Waals surface area contributed by atoms with Gasteiger partial charge < -0.3 is 4.42 Å². The Labute approximate surface area is 247 Å². The number of fused-ring (bicyclic) bond motifs is 1. The lowest BCUT2D eigenvalue weighted by Gasteiger charge is -2.21. The van der Waals surface area contributed by atoms with Crippen LogP contribution in [0.25, 0.3) is 5.65 Å². The summed E-state index contributed by atoms with van der Waals surface area (Å²) in [6.07, 6.45) is 3.18. The van der Waals surface area contributed by atoms with E-state index >= 15 is 0 Å². The predicted octanol–water partition coefficient (Wildman–Crippen LogP) is 6.01. The standard InChI is InChI=1S/C29H25Cl2N5O4S/c1-19-3-14-27-33-20(2)28(36(27)16-19)29(37)34-32-15-24-10-11-25(40-24)18-35(17-21-4-6-22(30)7-5-21)41(38,39)26-12-8-23(31)9-13-26/h3-16H,17-18H2,1-2H3,(H,34,37)/b32-15+. The third-order valence-corrected chi connectivity index (χ3v) is 8.56. The summed E-state index contributed by atoms with van der Waals surface area (Å²) in [7, 11) is -3.91. The first-order chi connectivity index (χ1) is 19.6. The number of carbonyl (C=O) groups is 1. The van der Waals surface area contributed by atoms with E-state index in [0.29, 0.717) is 38.6 Å². The van der Waals surface area contributed by atoms with Gasteiger partial charge in [0.25, 0.3) is 5.91 Å². The van der Waals surface area contributed by atoms with E-state index in [9.17, 15) is 13.2 Å². The first-order valence-corrected chi connectivity index (χ1v) is 14.7. The van der Waals surface area contributed by atoms with Gasteiger partial charge in [0.05, 0.1) is 23.3 Å². The molecule has 0 radical (unpaired) electrons. The minimum absolute atomic E-state index is 0.0475. The number of amides is 1. The van der Waals surface area contributed by atoms with E-state index in [-0.39, 0.29) is 18.0 Å². The fourth-order valence-corrected chi connectivity index (χ4v) is 5.89. The summed E-state index contributed by atoms with van der Waals surface area (Å²) in [5, 5.41) is 5.01. The van der Waals surface area contributed by atoms with Gasteiger partial charge in [0.1, 0.15) is 22.9 Å². The maximum absolute atomic E-state index is 13.6. The normalized spacial score (nSPS) is 12.0. The molecule has 2 aromatic carbocycles. The number of pyridine rings is 1. The largest absolute Gasteiger partial charge is 0.459 e. The van der Waals surface area contributed by atoms with Gasteiger partial charge in [-0.3, -0.25) is 9.20 Å². The van der Waals surface area contributed by atoms with Crippen LogP contribution in [0.1, 0.15) is 38.8 Å². The zero-order valence-corrected chi connectivity index (χ0v) is 24.4. The molecule has 5 aromatic rings. The molecule has 1 N–H and O–H groups in total. The van der Waals surface area contributed by atoms with Gasteiger partial charge in [-0.1, -0.05) is 41.4 Å². The van der Waals surface area contributed by atoms with E-state index in [1.54, 1.807) is 47.7 Å². The van der Waals surface area contributed by atoms with Crippen LogP contribution >= 0.6 is 23.2 Å². The average molecular weight is 611 g/mol. The molecule has 3 heterocycles. The molecule has 0 saturated carbocycles. The van der Waals surface area contributed by atoms with Crippen LogP contribution in [-0.4, -0.2) is 34.2 Å². The van der Waals surface area contributed by atoms with Crippen LogP contribution < -0.4 is 5.43 Å². The number of hydrogen-bond donors (Lipinski definition) is 1. The van der Waals surface area contributed by atoms with E-state index in [1.165, 1.54) is 34.8 Å². The summed E-state index contributed by atoms with van der Waals surface area (Å²) < 4.78 is 36.0. The molecule has 0 aliphatic carbocycles. The Morgan fingerprint density at radius 2 is 1.66 bits per heavy atom. The van der Waals surface area contributed by atoms with Gasteiger partial charge in [0, 0.05) is 22.8 Å². The molecule has 1 amide bonds. The molecule has 0 bridgehead atoms. The maximum Gasteiger partial charge on any atom is 0.290 e. The van der Waals surface area contributed by atoms with Crippen LogP contribution in [0.2, 0.25) is 10.0 Å². The van der Waals surface area contributed by atoms with E-state index < -0.39 is 15.9 Å². The van der Waals surface area contributed by atoms with Crippen molar-refractivity contribution in [2.45, 2.75) is 31.8 Å². The summed E-state index contributed by atoms with van der Waals surface area (Å²) in [5.74, 6) is 0.297. The van der Waals surface area contributed by atoms with Crippen molar-refractivity contribution >= 4 is 51.0 Å². The van der Waals surface area contributed by atoms with Crippen molar-refractivity contribution in [2.24, 2.45) is 5.10 Å². The van der Waals surface area contributed by atoms with E-state index in [1.807, 2.05) is 25.3 Å². The van der Waals surface area contributed by atoms with Crippen molar-refractivity contribution in [1.29, 1.82) is 0 Å². The molecule has 0 unspecified atom stereocenters. The molecule has 0 saturated heterocycles. The Morgan fingerprint density at radius 3 is 2.37 bits per heavy atom. The number of sulfonamides is 1. The van der Waals surface area contributed by atoms with Crippen LogP contribution in [-0.2, 0) is 23.1 Å². The molecule has 0 fully saturated rings. The summed E-state index contributed by atoms with van der Waals surface area (Å²) in [6.45, 7) is 3.72. The van der Waals surface area contributed by atoms with Crippen molar-refractivity contribution in [3.8, 4) is 0 Å². The molecule has 0 atom stereocenters. The molecule has 41 heavy (non-hydrogen) atoms. The highest BCUT2D eigenvalue weighted by Crippen LogP contribution is 2.24. The Bertz CT molecular complexity index is 1850. The second-order valence-corrected chi connectivity index (χ2v) is 12.1. The zero-order valence-electron chi connectivity index (χ0n) is 22.1. The van der Waals surface area contributed by atoms with Crippen molar-refractivity contribution in [3.05, 3.63) is 123 Å². The van der Waals surface area contributed by atoms with Gasteiger partial charge in [0.2, 0.25) is 10.0 Å². The number of nitrogens with zero attached hydrogens (tertiary/aromatic N) is 4. The van der Waals surface area contributed by atoms with Crippen LogP contribution in [0.5, 0.6) is 0 Å². The topological polar surface area (TPSA) is 109 Å². The highest BCUT2D eigenvalue weighted by atomic mass is 35.5. The molecule has 0 aliphatic heterocycles. The number of imidazole rings is 1. The lowest BCUT2D eigenvalue weighted by atomic mass is 10.2. The molecule has 5 rings (SSSR count). The number of halogens is 2. The van der Waals surface area contributed by atoms with Gasteiger partial charge in [-0.15, -0.1) is 0 Å². The van der Waals surface area contributed by atoms with Gasteiger partial charge in [-0.2, -0.15) is 9.41 Å². The van der Waals surface area contributed by atoms with Crippen LogP contribution in [0.3, 0.4) is 0 Å². The van der Waals surface area contributed by atoms with Crippen LogP contribution in [0.4, 0.5) is 0 Å². The van der Waals surface area contributed by atoms with Crippen LogP contribution in [0.15, 0.2) is 93.4 Å². The molecule has 0 aliphatic rings. The molecule has 210 valence electrons. The lowest BCUT2D eigenvalue weighted by molar-refractivity contribution is 0.0948. The number of nitrogens with one attached hydrogen (secondary N) is 1. The number of hydrazone groups is 1. The first-order valence-electron chi connectivity index (χ1n) is 12.5. The molecule has 3 aromatic heterocycles. The predicted molar refractivity (Wildman–Crippen MR) is 158 cm³/mol. The third kappa shape index (κ3) is 6.52. The Hall–Kier alpha value is -3.96. The monoisotopic (exact) mass is 609 g/mol. The molecule has 12 heteroatoms. The number of aryl methyl sites for hydroxylation is 2. The number of furan rings is 1. The number of aromatic nitrogens is 2. The van der Waals surface area contributed by atoms with Crippen molar-refractivity contribution in [3.63, 3.8) is 0 Å². The van der Waals surface area contributed by atoms with Crippen LogP contribution in [0, 0.1) is 13.8 Å². The average Bonchev–Trinajstić information content (AvgIpc) is 3.52. The second kappa shape index (κ2) is 11.9. The molecule has 9 nitrogen and oxygen atoms in total. The van der Waals surface area contributed by atoms with E-state index in [2.05, 4.69) is 15.5 Å². The Kier molecular flexibility index (Phi) is 8.27. The van der Waals surface area contributed by atoms with Gasteiger partial charge >= 0.3 is 0 Å². The number of rotatable bonds is 9. The minimum atomic E-state index is -3.91. The van der Waals surface area contributed by atoms with Crippen molar-refractivity contribution in [2.75, 3.05) is 0 Å². The zero-order chi connectivity index (χ0) is 29.1. The highest BCUT2D eigenvalue weighted by Gasteiger charge is 2.26. The molecule has 0 spiro atoms. The van der Waals surface area contributed by atoms with Gasteiger partial charge in [0.15, 0.2) is 0 Å². The van der Waals surface area contributed by atoms with Crippen molar-refractivity contribution < 1.29 is 17.6 Å². The summed E-state index contributed by atoms with van der Waals surface area (Å²) in [6, 6.07) is 20.0. The summed E-state index contributed by atoms with van der Waals surface area (Å²) in [4.78, 5) is 17.4. The lowest BCUT2D eigenvalue weighted by Crippen LogP contribution is -2.30. The van der Waals surface area contributed by atoms with E-state index in [4.69, 9.17) is 27.6 Å². The quantitative estimate of drug-likeness (QED) is 0.163. The fourth-order valence-electron chi connectivity index (χ4n) is 4.25. The SMILES string of the molecule is Cc1ccc2nc(C)c(C(=O)N/N=C/c3ccc(CN(Cc4ccc(Cl)cc4)S(=O)(=O)c4ccc(Cl)cc4)o3)n2c1. The first kappa shape index (κ1) is 28.6. The second-order valence-electron chi connectivity index (χ2n) is 9.34. The number of benzene rings is 2. The maximum atomic E-state index is 13.6. The smallest absolute Gasteiger partial charge is 0.290 e. The summed E-state index contributed by atoms with van der Waals surface area (Å²) in [5.41, 5.74) is 5.86. The fraction of sp³-hybridized carbons (Fsp3) is 0.138. The Balaban J connectivity index is 1.33.